The van der Waals surface area contributed by atoms with E-state index in [4.69, 9.17) is 0 Å². The van der Waals surface area contributed by atoms with E-state index in [0.29, 0.717) is 0 Å². The number of aryl methyl sites for hydroxylation is 1. The van der Waals surface area contributed by atoms with E-state index in [2.05, 4.69) is 46.1 Å². The maximum Gasteiger partial charge on any atom is 0.241 e. The third-order valence-electron chi connectivity index (χ3n) is 3.68. The highest BCUT2D eigenvalue weighted by Crippen LogP contribution is 2.13. The van der Waals surface area contributed by atoms with Gasteiger partial charge in [0.15, 0.2) is 0 Å². The van der Waals surface area contributed by atoms with Crippen molar-refractivity contribution < 1.29 is 4.79 Å². The summed E-state index contributed by atoms with van der Waals surface area (Å²) in [6, 6.07) is 9.95. The Balaban J connectivity index is 1.91. The summed E-state index contributed by atoms with van der Waals surface area (Å²) in [5.41, 5.74) is 3.37. The number of likely N-dealkylation sites (N-methyl/N-ethyl adjacent to an activating group) is 1. The lowest BCUT2D eigenvalue weighted by Crippen LogP contribution is -2.39. The van der Waals surface area contributed by atoms with Crippen LogP contribution in [0, 0.1) is 0 Å². The second-order valence-electron chi connectivity index (χ2n) is 5.26. The van der Waals surface area contributed by atoms with Crippen molar-refractivity contribution in [3.8, 4) is 0 Å². The zero-order chi connectivity index (χ0) is 15.2. The van der Waals surface area contributed by atoms with E-state index in [1.54, 1.807) is 11.3 Å². The summed E-state index contributed by atoms with van der Waals surface area (Å²) < 4.78 is 0. The highest BCUT2D eigenvalue weighted by Gasteiger charge is 2.18. The molecule has 21 heavy (non-hydrogen) atoms. The number of rotatable bonds is 6. The zero-order valence-corrected chi connectivity index (χ0v) is 13.6. The van der Waals surface area contributed by atoms with Crippen LogP contribution >= 0.6 is 11.3 Å². The monoisotopic (exact) mass is 302 g/mol. The quantitative estimate of drug-likeness (QED) is 0.881. The van der Waals surface area contributed by atoms with Crippen molar-refractivity contribution in [1.82, 2.24) is 4.90 Å². The molecule has 0 saturated heterocycles. The lowest BCUT2D eigenvalue weighted by molar-refractivity contribution is -0.120. The average Bonchev–Trinajstić information content (AvgIpc) is 3.00. The molecule has 1 unspecified atom stereocenters. The van der Waals surface area contributed by atoms with Crippen molar-refractivity contribution >= 4 is 22.9 Å². The third-order valence-corrected chi connectivity index (χ3v) is 4.41. The van der Waals surface area contributed by atoms with Crippen LogP contribution in [0.4, 0.5) is 5.69 Å². The predicted octanol–water partition coefficient (Wildman–Crippen LogP) is 3.77. The summed E-state index contributed by atoms with van der Waals surface area (Å²) in [6.07, 6.45) is 1.01. The summed E-state index contributed by atoms with van der Waals surface area (Å²) >= 11 is 1.68. The Morgan fingerprint density at radius 1 is 1.24 bits per heavy atom. The molecule has 1 N–H and O–H groups in total. The lowest BCUT2D eigenvalue weighted by atomic mass is 10.1. The molecule has 1 aromatic heterocycles. The molecule has 112 valence electrons. The van der Waals surface area contributed by atoms with Crippen LogP contribution in [-0.4, -0.2) is 23.9 Å². The number of hydrogen-bond donors (Lipinski definition) is 1. The van der Waals surface area contributed by atoms with Gasteiger partial charge in [0.05, 0.1) is 6.04 Å². The minimum atomic E-state index is -0.171. The van der Waals surface area contributed by atoms with Crippen LogP contribution in [0.5, 0.6) is 0 Å². The molecule has 0 fully saturated rings. The topological polar surface area (TPSA) is 32.3 Å². The van der Waals surface area contributed by atoms with Gasteiger partial charge < -0.3 is 5.32 Å². The average molecular weight is 302 g/mol. The van der Waals surface area contributed by atoms with Gasteiger partial charge >= 0.3 is 0 Å². The first-order chi connectivity index (χ1) is 10.1. The molecular formula is C17H22N2OS. The van der Waals surface area contributed by atoms with Crippen LogP contribution in [0.3, 0.4) is 0 Å². The molecule has 0 saturated carbocycles. The van der Waals surface area contributed by atoms with E-state index in [-0.39, 0.29) is 11.9 Å². The van der Waals surface area contributed by atoms with Gasteiger partial charge in [0.1, 0.15) is 0 Å². The van der Waals surface area contributed by atoms with Gasteiger partial charge in [0, 0.05) is 12.2 Å². The van der Waals surface area contributed by atoms with Gasteiger partial charge in [-0.15, -0.1) is 0 Å². The molecule has 0 aliphatic carbocycles. The van der Waals surface area contributed by atoms with Crippen molar-refractivity contribution in [2.75, 3.05) is 12.4 Å². The van der Waals surface area contributed by atoms with Crippen LogP contribution in [0.25, 0.3) is 0 Å². The summed E-state index contributed by atoms with van der Waals surface area (Å²) in [4.78, 5) is 14.3. The van der Waals surface area contributed by atoms with E-state index in [0.717, 1.165) is 18.7 Å². The second kappa shape index (κ2) is 7.38. The SMILES string of the molecule is CCc1ccc(NC(=O)C(C)N(C)Cc2ccsc2)cc1. The molecule has 0 bridgehead atoms. The van der Waals surface area contributed by atoms with Crippen molar-refractivity contribution in [2.45, 2.75) is 32.9 Å². The fourth-order valence-corrected chi connectivity index (χ4v) is 2.74. The molecule has 3 nitrogen and oxygen atoms in total. The van der Waals surface area contributed by atoms with Gasteiger partial charge in [-0.05, 0) is 60.5 Å². The fourth-order valence-electron chi connectivity index (χ4n) is 2.08. The van der Waals surface area contributed by atoms with Crippen LogP contribution in [0.15, 0.2) is 41.1 Å². The van der Waals surface area contributed by atoms with Gasteiger partial charge in [0.2, 0.25) is 5.91 Å². The molecule has 2 rings (SSSR count). The molecule has 0 aliphatic rings. The number of benzene rings is 1. The first kappa shape index (κ1) is 15.7. The van der Waals surface area contributed by atoms with Crippen LogP contribution in [-0.2, 0) is 17.8 Å². The number of nitrogens with zero attached hydrogens (tertiary/aromatic N) is 1. The van der Waals surface area contributed by atoms with Crippen molar-refractivity contribution in [1.29, 1.82) is 0 Å². The minimum Gasteiger partial charge on any atom is -0.325 e. The lowest BCUT2D eigenvalue weighted by Gasteiger charge is -2.23. The number of carbonyl (C=O) groups is 1. The molecule has 1 atom stereocenters. The molecule has 1 amide bonds. The molecule has 0 aliphatic heterocycles. The standard InChI is InChI=1S/C17H22N2OS/c1-4-14-5-7-16(8-6-14)18-17(20)13(2)19(3)11-15-9-10-21-12-15/h5-10,12-13H,4,11H2,1-3H3,(H,18,20). The van der Waals surface area contributed by atoms with Crippen molar-refractivity contribution in [3.05, 3.63) is 52.2 Å². The highest BCUT2D eigenvalue weighted by atomic mass is 32.1. The minimum absolute atomic E-state index is 0.0250. The maximum atomic E-state index is 12.3. The van der Waals surface area contributed by atoms with Gasteiger partial charge in [-0.3, -0.25) is 9.69 Å². The number of thiophene rings is 1. The van der Waals surface area contributed by atoms with Crippen LogP contribution < -0.4 is 5.32 Å². The first-order valence-electron chi connectivity index (χ1n) is 7.21. The second-order valence-corrected chi connectivity index (χ2v) is 6.04. The summed E-state index contributed by atoms with van der Waals surface area (Å²) in [5.74, 6) is 0.0250. The van der Waals surface area contributed by atoms with E-state index < -0.39 is 0 Å². The Hall–Kier alpha value is -1.65. The van der Waals surface area contributed by atoms with Gasteiger partial charge in [0.25, 0.3) is 0 Å². The number of nitrogens with one attached hydrogen (secondary N) is 1. The molecular weight excluding hydrogens is 280 g/mol. The zero-order valence-electron chi connectivity index (χ0n) is 12.8. The largest absolute Gasteiger partial charge is 0.325 e. The molecule has 1 aromatic carbocycles. The van der Waals surface area contributed by atoms with Gasteiger partial charge in [-0.1, -0.05) is 19.1 Å². The van der Waals surface area contributed by atoms with Crippen molar-refractivity contribution in [2.24, 2.45) is 0 Å². The number of anilines is 1. The number of carbonyl (C=O) groups excluding carboxylic acids is 1. The van der Waals surface area contributed by atoms with E-state index in [9.17, 15) is 4.79 Å². The summed E-state index contributed by atoms with van der Waals surface area (Å²) in [5, 5.41) is 7.15. The highest BCUT2D eigenvalue weighted by molar-refractivity contribution is 7.07. The maximum absolute atomic E-state index is 12.3. The molecule has 4 heteroatoms. The summed E-state index contributed by atoms with van der Waals surface area (Å²) in [7, 11) is 1.97. The molecule has 0 radical (unpaired) electrons. The summed E-state index contributed by atoms with van der Waals surface area (Å²) in [6.45, 7) is 4.84. The Bertz CT molecular complexity index is 563. The Morgan fingerprint density at radius 3 is 2.52 bits per heavy atom. The van der Waals surface area contributed by atoms with E-state index in [1.165, 1.54) is 11.1 Å². The number of hydrogen-bond acceptors (Lipinski definition) is 3. The Kier molecular flexibility index (Phi) is 5.53. The molecule has 0 spiro atoms. The van der Waals surface area contributed by atoms with E-state index >= 15 is 0 Å². The van der Waals surface area contributed by atoms with E-state index in [1.807, 2.05) is 26.1 Å². The number of amides is 1. The van der Waals surface area contributed by atoms with Gasteiger partial charge in [-0.25, -0.2) is 0 Å². The van der Waals surface area contributed by atoms with Crippen LogP contribution in [0.2, 0.25) is 0 Å². The Labute approximate surface area is 130 Å². The fraction of sp³-hybridized carbons (Fsp3) is 0.353. The predicted molar refractivity (Wildman–Crippen MR) is 89.7 cm³/mol. The molecule has 1 heterocycles. The van der Waals surface area contributed by atoms with Gasteiger partial charge in [-0.2, -0.15) is 11.3 Å². The normalized spacial score (nSPS) is 12.4. The smallest absolute Gasteiger partial charge is 0.241 e. The first-order valence-corrected chi connectivity index (χ1v) is 8.15. The Morgan fingerprint density at radius 2 is 1.95 bits per heavy atom. The van der Waals surface area contributed by atoms with Crippen LogP contribution in [0.1, 0.15) is 25.0 Å². The third kappa shape index (κ3) is 4.41. The van der Waals surface area contributed by atoms with Crippen molar-refractivity contribution in [3.63, 3.8) is 0 Å². The molecule has 2 aromatic rings.